The first-order chi connectivity index (χ1) is 9.34. The van der Waals surface area contributed by atoms with Crippen LogP contribution in [0.2, 0.25) is 0 Å². The maximum absolute atomic E-state index is 4.68. The third kappa shape index (κ3) is 2.41. The van der Waals surface area contributed by atoms with Gasteiger partial charge in [0.15, 0.2) is 0 Å². The minimum atomic E-state index is 1.05. The van der Waals surface area contributed by atoms with Crippen molar-refractivity contribution in [3.63, 3.8) is 0 Å². The molecule has 1 aliphatic carbocycles. The molecule has 1 aliphatic heterocycles. The van der Waals surface area contributed by atoms with Crippen LogP contribution in [-0.4, -0.2) is 4.98 Å². The summed E-state index contributed by atoms with van der Waals surface area (Å²) in [5.74, 6) is 0. The van der Waals surface area contributed by atoms with Crippen LogP contribution in [0.5, 0.6) is 0 Å². The Balaban J connectivity index is 2.01. The largest absolute Gasteiger partial charge is 0.248 e. The van der Waals surface area contributed by atoms with Gasteiger partial charge in [-0.3, -0.25) is 0 Å². The van der Waals surface area contributed by atoms with Crippen molar-refractivity contribution in [2.24, 2.45) is 0 Å². The van der Waals surface area contributed by atoms with Crippen molar-refractivity contribution in [3.05, 3.63) is 77.5 Å². The first kappa shape index (κ1) is 11.7. The molecule has 0 N–H and O–H groups in total. The number of aromatic nitrogens is 1. The molecule has 0 unspecified atom stereocenters. The molecular weight excluding hydrogens is 230 g/mol. The highest BCUT2D eigenvalue weighted by Crippen LogP contribution is 2.27. The van der Waals surface area contributed by atoms with E-state index in [0.717, 1.165) is 11.4 Å². The van der Waals surface area contributed by atoms with Crippen LogP contribution in [0.3, 0.4) is 0 Å². The second-order valence-electron chi connectivity index (χ2n) is 4.58. The van der Waals surface area contributed by atoms with E-state index in [0.29, 0.717) is 0 Å². The van der Waals surface area contributed by atoms with Crippen LogP contribution in [-0.2, 0) is 0 Å². The highest BCUT2D eigenvalue weighted by atomic mass is 14.7. The molecule has 19 heavy (non-hydrogen) atoms. The van der Waals surface area contributed by atoms with E-state index in [2.05, 4.69) is 54.4 Å². The topological polar surface area (TPSA) is 12.9 Å². The van der Waals surface area contributed by atoms with Gasteiger partial charge in [0.05, 0.1) is 11.4 Å². The first-order valence-electron chi connectivity index (χ1n) is 6.43. The van der Waals surface area contributed by atoms with E-state index in [4.69, 9.17) is 0 Å². The fraction of sp³-hybridized carbons (Fsp3) is 0.0556. The quantitative estimate of drug-likeness (QED) is 0.639. The van der Waals surface area contributed by atoms with Crippen molar-refractivity contribution in [3.8, 4) is 11.3 Å². The van der Waals surface area contributed by atoms with E-state index in [1.165, 1.54) is 16.7 Å². The number of hydrogen-bond donors (Lipinski definition) is 0. The summed E-state index contributed by atoms with van der Waals surface area (Å²) in [4.78, 5) is 4.68. The lowest BCUT2D eigenvalue weighted by Gasteiger charge is -1.92. The minimum Gasteiger partial charge on any atom is -0.248 e. The summed E-state index contributed by atoms with van der Waals surface area (Å²) in [5, 5.41) is 0. The van der Waals surface area contributed by atoms with Crippen molar-refractivity contribution in [2.45, 2.75) is 6.92 Å². The predicted octanol–water partition coefficient (Wildman–Crippen LogP) is 4.67. The molecule has 0 atom stereocenters. The Morgan fingerprint density at radius 3 is 2.26 bits per heavy atom. The van der Waals surface area contributed by atoms with Gasteiger partial charge in [0.2, 0.25) is 0 Å². The van der Waals surface area contributed by atoms with Gasteiger partial charge in [0.1, 0.15) is 0 Å². The molecule has 0 amide bonds. The zero-order chi connectivity index (χ0) is 13.1. The minimum absolute atomic E-state index is 1.05. The summed E-state index contributed by atoms with van der Waals surface area (Å²) in [5.41, 5.74) is 5.75. The average molecular weight is 245 g/mol. The lowest BCUT2D eigenvalue weighted by molar-refractivity contribution is 1.36. The van der Waals surface area contributed by atoms with Crippen LogP contribution in [0, 0.1) is 6.92 Å². The fourth-order valence-electron chi connectivity index (χ4n) is 2.21. The summed E-state index contributed by atoms with van der Waals surface area (Å²) >= 11 is 0. The van der Waals surface area contributed by atoms with E-state index in [-0.39, 0.29) is 0 Å². The van der Waals surface area contributed by atoms with Gasteiger partial charge in [-0.2, -0.15) is 0 Å². The molecule has 0 aromatic heterocycles. The molecular formula is C18H15N. The van der Waals surface area contributed by atoms with E-state index in [1.54, 1.807) is 0 Å². The van der Waals surface area contributed by atoms with Gasteiger partial charge in [0.25, 0.3) is 0 Å². The van der Waals surface area contributed by atoms with E-state index >= 15 is 0 Å². The number of nitrogens with zero attached hydrogens (tertiary/aromatic N) is 1. The molecule has 1 heterocycles. The van der Waals surface area contributed by atoms with Gasteiger partial charge in [-0.15, -0.1) is 0 Å². The highest BCUT2D eigenvalue weighted by molar-refractivity contribution is 5.77. The molecule has 92 valence electrons. The Labute approximate surface area is 113 Å². The molecule has 0 fully saturated rings. The van der Waals surface area contributed by atoms with Crippen molar-refractivity contribution in [2.75, 3.05) is 0 Å². The Morgan fingerprint density at radius 1 is 0.789 bits per heavy atom. The summed E-state index contributed by atoms with van der Waals surface area (Å²) < 4.78 is 0. The molecule has 0 bridgehead atoms. The van der Waals surface area contributed by atoms with Crippen molar-refractivity contribution >= 4 is 12.2 Å². The molecule has 0 saturated heterocycles. The first-order valence-corrected chi connectivity index (χ1v) is 6.43. The smallest absolute Gasteiger partial charge is 0.0712 e. The number of rotatable bonds is 2. The molecule has 0 radical (unpaired) electrons. The highest BCUT2D eigenvalue weighted by Gasteiger charge is 2.10. The van der Waals surface area contributed by atoms with Crippen LogP contribution in [0.15, 0.2) is 60.7 Å². The van der Waals surface area contributed by atoms with E-state index < -0.39 is 0 Å². The Morgan fingerprint density at radius 2 is 1.47 bits per heavy atom. The number of fused-ring (bicyclic) bond motifs is 1. The molecule has 2 aliphatic rings. The molecule has 3 rings (SSSR count). The Bertz CT molecular complexity index is 683. The lowest BCUT2D eigenvalue weighted by Crippen LogP contribution is -1.75. The zero-order valence-corrected chi connectivity index (χ0v) is 10.9. The molecule has 1 aromatic carbocycles. The van der Waals surface area contributed by atoms with Crippen LogP contribution in [0.4, 0.5) is 0 Å². The third-order valence-electron chi connectivity index (χ3n) is 3.28. The van der Waals surface area contributed by atoms with Crippen molar-refractivity contribution < 1.29 is 0 Å². The van der Waals surface area contributed by atoms with Crippen LogP contribution >= 0.6 is 0 Å². The maximum atomic E-state index is 4.68. The van der Waals surface area contributed by atoms with Gasteiger partial charge in [0, 0.05) is 5.56 Å². The second-order valence-corrected chi connectivity index (χ2v) is 4.58. The van der Waals surface area contributed by atoms with E-state index in [9.17, 15) is 0 Å². The van der Waals surface area contributed by atoms with Gasteiger partial charge in [-0.25, -0.2) is 4.98 Å². The molecule has 1 nitrogen and oxygen atoms in total. The SMILES string of the molecule is Cc1c2cccccc-2nc1/C=C/c1ccccc1. The standard InChI is InChI=1S/C18H15N/c1-14-16-10-6-3-7-11-18(16)19-17(14)13-12-15-8-4-2-5-9-15/h2-13H,1H3/b13-12+. The van der Waals surface area contributed by atoms with Gasteiger partial charge < -0.3 is 0 Å². The maximum Gasteiger partial charge on any atom is 0.0712 e. The molecule has 0 saturated carbocycles. The summed E-state index contributed by atoms with van der Waals surface area (Å²) in [6.07, 6.45) is 4.19. The monoisotopic (exact) mass is 245 g/mol. The fourth-order valence-corrected chi connectivity index (χ4v) is 2.21. The van der Waals surface area contributed by atoms with Crippen LogP contribution in [0.25, 0.3) is 23.4 Å². The lowest BCUT2D eigenvalue weighted by atomic mass is 10.1. The van der Waals surface area contributed by atoms with Crippen LogP contribution < -0.4 is 0 Å². The molecule has 0 spiro atoms. The summed E-state index contributed by atoms with van der Waals surface area (Å²) in [6.45, 7) is 2.12. The Kier molecular flexibility index (Phi) is 3.11. The van der Waals surface area contributed by atoms with Gasteiger partial charge in [-0.05, 0) is 30.2 Å². The predicted molar refractivity (Wildman–Crippen MR) is 81.0 cm³/mol. The molecule has 1 heteroatoms. The van der Waals surface area contributed by atoms with Crippen molar-refractivity contribution in [1.29, 1.82) is 0 Å². The van der Waals surface area contributed by atoms with Crippen LogP contribution in [0.1, 0.15) is 16.8 Å². The summed E-state index contributed by atoms with van der Waals surface area (Å²) in [7, 11) is 0. The van der Waals surface area contributed by atoms with Gasteiger partial charge in [-0.1, -0.05) is 60.7 Å². The normalized spacial score (nSPS) is 11.2. The van der Waals surface area contributed by atoms with Gasteiger partial charge >= 0.3 is 0 Å². The number of hydrogen-bond acceptors (Lipinski definition) is 1. The van der Waals surface area contributed by atoms with Crippen molar-refractivity contribution in [1.82, 2.24) is 4.98 Å². The summed E-state index contributed by atoms with van der Waals surface area (Å²) in [6, 6.07) is 20.6. The number of benzene rings is 1. The molecule has 1 aromatic rings. The average Bonchev–Trinajstić information content (AvgIpc) is 2.63. The second kappa shape index (κ2) is 5.07. The van der Waals surface area contributed by atoms with E-state index in [1.807, 2.05) is 30.3 Å². The zero-order valence-electron chi connectivity index (χ0n) is 10.9. The Hall–Kier alpha value is -2.41. The third-order valence-corrected chi connectivity index (χ3v) is 3.28.